The lowest BCUT2D eigenvalue weighted by atomic mass is 10.2. The number of benzene rings is 1. The Morgan fingerprint density at radius 2 is 2.27 bits per heavy atom. The van der Waals surface area contributed by atoms with Crippen molar-refractivity contribution in [3.63, 3.8) is 0 Å². The van der Waals surface area contributed by atoms with Gasteiger partial charge in [-0.05, 0) is 37.5 Å². The van der Waals surface area contributed by atoms with Gasteiger partial charge in [0, 0.05) is 5.92 Å². The average molecular weight is 301 g/mol. The van der Waals surface area contributed by atoms with Crippen LogP contribution in [-0.2, 0) is 11.3 Å². The molecule has 0 aliphatic heterocycles. The van der Waals surface area contributed by atoms with Crippen molar-refractivity contribution < 1.29 is 14.6 Å². The molecule has 1 saturated carbocycles. The van der Waals surface area contributed by atoms with Gasteiger partial charge >= 0.3 is 5.97 Å². The second kappa shape index (κ2) is 6.27. The van der Waals surface area contributed by atoms with E-state index < -0.39 is 0 Å². The van der Waals surface area contributed by atoms with E-state index >= 15 is 0 Å². The smallest absolute Gasteiger partial charge is 0.338 e. The third kappa shape index (κ3) is 2.87. The van der Waals surface area contributed by atoms with Gasteiger partial charge in [-0.3, -0.25) is 0 Å². The maximum atomic E-state index is 12.0. The number of rotatable bonds is 6. The molecule has 0 atom stereocenters. The molecular formula is C16H19N3O3. The minimum Gasteiger partial charge on any atom is -0.462 e. The molecule has 1 N–H and O–H groups in total. The first-order valence-corrected chi connectivity index (χ1v) is 7.57. The number of aliphatic hydroxyl groups excluding tert-OH is 1. The van der Waals surface area contributed by atoms with Crippen molar-refractivity contribution in [2.24, 2.45) is 0 Å². The maximum absolute atomic E-state index is 12.0. The number of hydrogen-bond acceptors (Lipinski definition) is 5. The molecule has 0 spiro atoms. The highest BCUT2D eigenvalue weighted by molar-refractivity contribution is 5.90. The molecule has 0 amide bonds. The summed E-state index contributed by atoms with van der Waals surface area (Å²) in [5, 5.41) is 17.6. The Morgan fingerprint density at radius 1 is 1.45 bits per heavy atom. The fourth-order valence-electron chi connectivity index (χ4n) is 2.43. The van der Waals surface area contributed by atoms with E-state index in [1.165, 1.54) is 0 Å². The molecule has 1 aliphatic carbocycles. The molecule has 0 saturated heterocycles. The SMILES string of the molecule is CCCOC(=O)c1cccc(-n2nnc(CO)c2C2CC2)c1. The number of esters is 1. The third-order valence-corrected chi connectivity index (χ3v) is 3.66. The highest BCUT2D eigenvalue weighted by Crippen LogP contribution is 2.41. The summed E-state index contributed by atoms with van der Waals surface area (Å²) in [6, 6.07) is 7.15. The van der Waals surface area contributed by atoms with E-state index in [1.54, 1.807) is 22.9 Å². The summed E-state index contributed by atoms with van der Waals surface area (Å²) in [5.41, 5.74) is 2.82. The molecular weight excluding hydrogens is 282 g/mol. The van der Waals surface area contributed by atoms with Crippen LogP contribution in [0.25, 0.3) is 5.69 Å². The predicted molar refractivity (Wildman–Crippen MR) is 79.8 cm³/mol. The van der Waals surface area contributed by atoms with E-state index in [2.05, 4.69) is 10.3 Å². The minimum atomic E-state index is -0.334. The Balaban J connectivity index is 1.92. The van der Waals surface area contributed by atoms with Crippen LogP contribution in [0.3, 0.4) is 0 Å². The van der Waals surface area contributed by atoms with Crippen LogP contribution in [0.4, 0.5) is 0 Å². The molecule has 116 valence electrons. The molecule has 6 nitrogen and oxygen atoms in total. The van der Waals surface area contributed by atoms with Gasteiger partial charge in [0.25, 0.3) is 0 Å². The van der Waals surface area contributed by atoms with Gasteiger partial charge in [0.1, 0.15) is 5.69 Å². The number of carbonyl (C=O) groups excluding carboxylic acids is 1. The van der Waals surface area contributed by atoms with Crippen molar-refractivity contribution in [2.45, 2.75) is 38.7 Å². The number of ether oxygens (including phenoxy) is 1. The number of nitrogens with zero attached hydrogens (tertiary/aromatic N) is 3. The molecule has 1 heterocycles. The zero-order valence-corrected chi connectivity index (χ0v) is 12.5. The fourth-order valence-corrected chi connectivity index (χ4v) is 2.43. The molecule has 22 heavy (non-hydrogen) atoms. The van der Waals surface area contributed by atoms with Crippen LogP contribution in [0.5, 0.6) is 0 Å². The zero-order valence-electron chi connectivity index (χ0n) is 12.5. The first-order valence-electron chi connectivity index (χ1n) is 7.57. The van der Waals surface area contributed by atoms with Gasteiger partial charge < -0.3 is 9.84 Å². The van der Waals surface area contributed by atoms with Crippen molar-refractivity contribution in [2.75, 3.05) is 6.61 Å². The molecule has 1 aliphatic rings. The predicted octanol–water partition coefficient (Wildman–Crippen LogP) is 2.20. The largest absolute Gasteiger partial charge is 0.462 e. The molecule has 0 unspecified atom stereocenters. The van der Waals surface area contributed by atoms with Crippen molar-refractivity contribution in [1.29, 1.82) is 0 Å². The summed E-state index contributed by atoms with van der Waals surface area (Å²) in [5.74, 6) is 0.0621. The first-order chi connectivity index (χ1) is 10.7. The number of carbonyl (C=O) groups is 1. The highest BCUT2D eigenvalue weighted by atomic mass is 16.5. The summed E-state index contributed by atoms with van der Waals surface area (Å²) in [6.07, 6.45) is 2.96. The van der Waals surface area contributed by atoms with Gasteiger partial charge in [0.15, 0.2) is 0 Å². The Morgan fingerprint density at radius 3 is 2.95 bits per heavy atom. The van der Waals surface area contributed by atoms with Crippen molar-refractivity contribution in [1.82, 2.24) is 15.0 Å². The third-order valence-electron chi connectivity index (χ3n) is 3.66. The Kier molecular flexibility index (Phi) is 4.20. The van der Waals surface area contributed by atoms with E-state index in [0.717, 1.165) is 30.6 Å². The Bertz CT molecular complexity index is 677. The second-order valence-corrected chi connectivity index (χ2v) is 5.45. The van der Waals surface area contributed by atoms with Gasteiger partial charge in [-0.15, -0.1) is 5.10 Å². The molecule has 0 radical (unpaired) electrons. The summed E-state index contributed by atoms with van der Waals surface area (Å²) < 4.78 is 6.88. The Hall–Kier alpha value is -2.21. The van der Waals surface area contributed by atoms with E-state index in [-0.39, 0.29) is 12.6 Å². The number of aliphatic hydroxyl groups is 1. The van der Waals surface area contributed by atoms with Crippen LogP contribution in [0, 0.1) is 0 Å². The zero-order chi connectivity index (χ0) is 15.5. The van der Waals surface area contributed by atoms with E-state index in [0.29, 0.717) is 23.8 Å². The number of aromatic nitrogens is 3. The second-order valence-electron chi connectivity index (χ2n) is 5.45. The molecule has 1 aromatic heterocycles. The van der Waals surface area contributed by atoms with Crippen LogP contribution in [0.1, 0.15) is 53.8 Å². The average Bonchev–Trinajstić information content (AvgIpc) is 3.31. The monoisotopic (exact) mass is 301 g/mol. The molecule has 6 heteroatoms. The normalized spacial score (nSPS) is 14.1. The maximum Gasteiger partial charge on any atom is 0.338 e. The lowest BCUT2D eigenvalue weighted by molar-refractivity contribution is 0.0505. The first kappa shape index (κ1) is 14.7. The quantitative estimate of drug-likeness (QED) is 0.828. The van der Waals surface area contributed by atoms with Crippen molar-refractivity contribution in [3.8, 4) is 5.69 Å². The van der Waals surface area contributed by atoms with Crippen LogP contribution in [0.15, 0.2) is 24.3 Å². The highest BCUT2D eigenvalue weighted by Gasteiger charge is 2.31. The summed E-state index contributed by atoms with van der Waals surface area (Å²) in [4.78, 5) is 12.0. The standard InChI is InChI=1S/C16H19N3O3/c1-2-8-22-16(21)12-4-3-5-13(9-12)19-15(11-6-7-11)14(10-20)17-18-19/h3-5,9,11,20H,2,6-8,10H2,1H3. The Labute approximate surface area is 128 Å². The molecule has 1 fully saturated rings. The van der Waals surface area contributed by atoms with Crippen LogP contribution in [0.2, 0.25) is 0 Å². The lowest BCUT2D eigenvalue weighted by Gasteiger charge is -2.08. The van der Waals surface area contributed by atoms with E-state index in [4.69, 9.17) is 4.74 Å². The van der Waals surface area contributed by atoms with Gasteiger partial charge in [-0.2, -0.15) is 0 Å². The van der Waals surface area contributed by atoms with Crippen molar-refractivity contribution in [3.05, 3.63) is 41.2 Å². The van der Waals surface area contributed by atoms with E-state index in [9.17, 15) is 9.90 Å². The topological polar surface area (TPSA) is 77.2 Å². The lowest BCUT2D eigenvalue weighted by Crippen LogP contribution is -2.08. The summed E-state index contributed by atoms with van der Waals surface area (Å²) in [7, 11) is 0. The fraction of sp³-hybridized carbons (Fsp3) is 0.438. The summed E-state index contributed by atoms with van der Waals surface area (Å²) in [6.45, 7) is 2.25. The molecule has 1 aromatic carbocycles. The minimum absolute atomic E-state index is 0.121. The molecule has 0 bridgehead atoms. The van der Waals surface area contributed by atoms with Gasteiger partial charge in [0.05, 0.1) is 30.2 Å². The van der Waals surface area contributed by atoms with Gasteiger partial charge in [-0.25, -0.2) is 9.48 Å². The van der Waals surface area contributed by atoms with Crippen LogP contribution >= 0.6 is 0 Å². The molecule has 2 aromatic rings. The van der Waals surface area contributed by atoms with Gasteiger partial charge in [0.2, 0.25) is 0 Å². The van der Waals surface area contributed by atoms with Gasteiger partial charge in [-0.1, -0.05) is 18.2 Å². The molecule has 3 rings (SSSR count). The summed E-state index contributed by atoms with van der Waals surface area (Å²) >= 11 is 0. The number of hydrogen-bond donors (Lipinski definition) is 1. The van der Waals surface area contributed by atoms with E-state index in [1.807, 2.05) is 13.0 Å². The van der Waals surface area contributed by atoms with Crippen molar-refractivity contribution >= 4 is 5.97 Å². The van der Waals surface area contributed by atoms with Crippen LogP contribution < -0.4 is 0 Å². The van der Waals surface area contributed by atoms with Crippen LogP contribution in [-0.4, -0.2) is 32.7 Å².